The molecule has 1 aromatic carbocycles. The number of nitrogens with zero attached hydrogens (tertiary/aromatic N) is 3. The van der Waals surface area contributed by atoms with Crippen LogP contribution in [0, 0.1) is 20.8 Å². The maximum absolute atomic E-state index is 12.9. The van der Waals surface area contributed by atoms with E-state index in [9.17, 15) is 4.79 Å². The predicted molar refractivity (Wildman–Crippen MR) is 111 cm³/mol. The molecule has 0 radical (unpaired) electrons. The maximum Gasteiger partial charge on any atom is 0.267 e. The molecule has 1 saturated carbocycles. The van der Waals surface area contributed by atoms with Crippen molar-refractivity contribution in [2.24, 2.45) is 0 Å². The van der Waals surface area contributed by atoms with Gasteiger partial charge < -0.3 is 0 Å². The van der Waals surface area contributed by atoms with Gasteiger partial charge in [-0.2, -0.15) is 0 Å². The number of amides is 1. The van der Waals surface area contributed by atoms with Crippen molar-refractivity contribution >= 4 is 54.1 Å². The van der Waals surface area contributed by atoms with Gasteiger partial charge in [0.15, 0.2) is 5.13 Å². The summed E-state index contributed by atoms with van der Waals surface area (Å²) < 4.78 is 1.08. The number of anilines is 1. The zero-order valence-corrected chi connectivity index (χ0v) is 16.9. The van der Waals surface area contributed by atoms with E-state index in [1.165, 1.54) is 35.5 Å². The molecule has 0 aliphatic heterocycles. The molecule has 3 heterocycles. The lowest BCUT2D eigenvalue weighted by Gasteiger charge is -2.02. The first kappa shape index (κ1) is 16.8. The molecule has 5 rings (SSSR count). The average Bonchev–Trinajstić information content (AvgIpc) is 3.31. The second-order valence-corrected chi connectivity index (χ2v) is 9.10. The first-order chi connectivity index (χ1) is 13.0. The number of carbonyl (C=O) groups is 1. The van der Waals surface area contributed by atoms with Crippen molar-refractivity contribution in [2.45, 2.75) is 39.5 Å². The molecule has 0 bridgehead atoms. The minimum Gasteiger partial charge on any atom is -0.297 e. The van der Waals surface area contributed by atoms with Crippen molar-refractivity contribution in [1.29, 1.82) is 0 Å². The Labute approximate surface area is 164 Å². The minimum atomic E-state index is -0.125. The summed E-state index contributed by atoms with van der Waals surface area (Å²) in [6.45, 7) is 6.01. The third kappa shape index (κ3) is 2.82. The van der Waals surface area contributed by atoms with Crippen molar-refractivity contribution in [1.82, 2.24) is 15.0 Å². The Hall–Kier alpha value is -2.38. The van der Waals surface area contributed by atoms with Gasteiger partial charge in [0.2, 0.25) is 0 Å². The Morgan fingerprint density at radius 1 is 1.11 bits per heavy atom. The summed E-state index contributed by atoms with van der Waals surface area (Å²) in [7, 11) is 0. The number of aryl methyl sites for hydroxylation is 3. The van der Waals surface area contributed by atoms with Gasteiger partial charge in [0, 0.05) is 11.3 Å². The molecule has 3 aromatic heterocycles. The third-order valence-corrected chi connectivity index (χ3v) is 7.10. The molecule has 5 nitrogen and oxygen atoms in total. The summed E-state index contributed by atoms with van der Waals surface area (Å²) in [6, 6.07) is 6.07. The number of rotatable bonds is 3. The number of thiophene rings is 1. The van der Waals surface area contributed by atoms with Gasteiger partial charge in [-0.05, 0) is 50.8 Å². The van der Waals surface area contributed by atoms with Gasteiger partial charge in [0.25, 0.3) is 5.91 Å². The van der Waals surface area contributed by atoms with Crippen LogP contribution in [0.25, 0.3) is 20.4 Å². The van der Waals surface area contributed by atoms with Gasteiger partial charge in [0.1, 0.15) is 10.7 Å². The van der Waals surface area contributed by atoms with Gasteiger partial charge in [-0.3, -0.25) is 10.1 Å². The highest BCUT2D eigenvalue weighted by molar-refractivity contribution is 7.23. The van der Waals surface area contributed by atoms with Crippen LogP contribution in [0.2, 0.25) is 0 Å². The van der Waals surface area contributed by atoms with E-state index in [1.54, 1.807) is 0 Å². The topological polar surface area (TPSA) is 67.8 Å². The molecule has 7 heteroatoms. The van der Waals surface area contributed by atoms with Crippen molar-refractivity contribution in [3.8, 4) is 0 Å². The van der Waals surface area contributed by atoms with Crippen molar-refractivity contribution in [2.75, 3.05) is 5.32 Å². The van der Waals surface area contributed by atoms with Crippen LogP contribution in [0.15, 0.2) is 18.2 Å². The summed E-state index contributed by atoms with van der Waals surface area (Å²) in [5, 5.41) is 4.61. The van der Waals surface area contributed by atoms with Gasteiger partial charge in [-0.25, -0.2) is 15.0 Å². The van der Waals surface area contributed by atoms with E-state index in [4.69, 9.17) is 4.98 Å². The zero-order valence-electron chi connectivity index (χ0n) is 15.3. The summed E-state index contributed by atoms with van der Waals surface area (Å²) in [5.41, 5.74) is 3.97. The number of para-hydroxylation sites is 1. The van der Waals surface area contributed by atoms with Gasteiger partial charge in [0.05, 0.1) is 20.8 Å². The quantitative estimate of drug-likeness (QED) is 0.508. The summed E-state index contributed by atoms with van der Waals surface area (Å²) in [4.78, 5) is 28.5. The van der Waals surface area contributed by atoms with Crippen molar-refractivity contribution < 1.29 is 4.79 Å². The SMILES string of the molecule is Cc1cccc2sc(NC(=O)c3sc4nc(C5CC5)nc(C)c4c3C)nc12. The monoisotopic (exact) mass is 394 g/mol. The minimum absolute atomic E-state index is 0.125. The molecule has 0 unspecified atom stereocenters. The highest BCUT2D eigenvalue weighted by Gasteiger charge is 2.28. The second kappa shape index (κ2) is 6.07. The molecule has 4 aromatic rings. The maximum atomic E-state index is 12.9. The first-order valence-electron chi connectivity index (χ1n) is 8.96. The Kier molecular flexibility index (Phi) is 3.77. The Bertz CT molecular complexity index is 1220. The van der Waals surface area contributed by atoms with Gasteiger partial charge in [-0.15, -0.1) is 11.3 Å². The van der Waals surface area contributed by atoms with Crippen LogP contribution in [0.3, 0.4) is 0 Å². The van der Waals surface area contributed by atoms with Crippen LogP contribution in [0.5, 0.6) is 0 Å². The van der Waals surface area contributed by atoms with Crippen LogP contribution >= 0.6 is 22.7 Å². The first-order valence-corrected chi connectivity index (χ1v) is 10.6. The number of carbonyl (C=O) groups excluding carboxylic acids is 1. The van der Waals surface area contributed by atoms with Crippen LogP contribution in [-0.2, 0) is 0 Å². The molecular formula is C20H18N4OS2. The van der Waals surface area contributed by atoms with E-state index in [-0.39, 0.29) is 5.91 Å². The van der Waals surface area contributed by atoms with Crippen LogP contribution in [-0.4, -0.2) is 20.9 Å². The molecule has 0 spiro atoms. The van der Waals surface area contributed by atoms with Crippen LogP contribution in [0.1, 0.15) is 51.1 Å². The molecule has 0 atom stereocenters. The zero-order chi connectivity index (χ0) is 18.7. The van der Waals surface area contributed by atoms with E-state index in [0.29, 0.717) is 15.9 Å². The van der Waals surface area contributed by atoms with Gasteiger partial charge >= 0.3 is 0 Å². The lowest BCUT2D eigenvalue weighted by atomic mass is 10.1. The summed E-state index contributed by atoms with van der Waals surface area (Å²) in [5.74, 6) is 1.30. The lowest BCUT2D eigenvalue weighted by molar-refractivity contribution is 0.103. The number of fused-ring (bicyclic) bond motifs is 2. The Morgan fingerprint density at radius 3 is 2.67 bits per heavy atom. The number of hydrogen-bond donors (Lipinski definition) is 1. The molecule has 136 valence electrons. The van der Waals surface area contributed by atoms with E-state index < -0.39 is 0 Å². The van der Waals surface area contributed by atoms with E-state index in [0.717, 1.165) is 43.1 Å². The van der Waals surface area contributed by atoms with Crippen molar-refractivity contribution in [3.63, 3.8) is 0 Å². The van der Waals surface area contributed by atoms with E-state index in [2.05, 4.69) is 15.3 Å². The molecule has 1 aliphatic carbocycles. The summed E-state index contributed by atoms with van der Waals surface area (Å²) in [6.07, 6.45) is 2.33. The number of nitrogens with one attached hydrogen (secondary N) is 1. The third-order valence-electron chi connectivity index (χ3n) is 4.98. The second-order valence-electron chi connectivity index (χ2n) is 7.07. The predicted octanol–water partition coefficient (Wildman–Crippen LogP) is 5.36. The molecule has 1 amide bonds. The number of hydrogen-bond acceptors (Lipinski definition) is 6. The van der Waals surface area contributed by atoms with E-state index >= 15 is 0 Å². The highest BCUT2D eigenvalue weighted by Crippen LogP contribution is 2.40. The fraction of sp³-hybridized carbons (Fsp3) is 0.300. The fourth-order valence-electron chi connectivity index (χ4n) is 3.39. The highest BCUT2D eigenvalue weighted by atomic mass is 32.1. The largest absolute Gasteiger partial charge is 0.297 e. The molecule has 1 fully saturated rings. The molecular weight excluding hydrogens is 376 g/mol. The Morgan fingerprint density at radius 2 is 1.93 bits per heavy atom. The van der Waals surface area contributed by atoms with Crippen molar-refractivity contribution in [3.05, 3.63) is 45.7 Å². The average molecular weight is 395 g/mol. The number of aromatic nitrogens is 3. The van der Waals surface area contributed by atoms with Crippen LogP contribution in [0.4, 0.5) is 5.13 Å². The van der Waals surface area contributed by atoms with Crippen LogP contribution < -0.4 is 5.32 Å². The van der Waals surface area contributed by atoms with Gasteiger partial charge in [-0.1, -0.05) is 23.5 Å². The fourth-order valence-corrected chi connectivity index (χ4v) is 5.47. The smallest absolute Gasteiger partial charge is 0.267 e. The molecule has 0 saturated heterocycles. The molecule has 27 heavy (non-hydrogen) atoms. The Balaban J connectivity index is 1.52. The standard InChI is InChI=1S/C20H18N4OS2/c1-9-5-4-6-13-15(9)22-20(26-13)24-18(25)16-10(2)14-11(3)21-17(12-7-8-12)23-19(14)27-16/h4-6,12H,7-8H2,1-3H3,(H,22,24,25). The van der Waals surface area contributed by atoms with E-state index in [1.807, 2.05) is 39.0 Å². The number of benzene rings is 1. The number of thiazole rings is 1. The summed E-state index contributed by atoms with van der Waals surface area (Å²) >= 11 is 2.95. The lowest BCUT2D eigenvalue weighted by Crippen LogP contribution is -2.11. The molecule has 1 aliphatic rings. The molecule has 1 N–H and O–H groups in total. The normalized spacial score (nSPS) is 14.2.